The van der Waals surface area contributed by atoms with Crippen molar-refractivity contribution in [2.45, 2.75) is 65.0 Å². The number of nitrogens with zero attached hydrogens (tertiary/aromatic N) is 3. The number of carbonyl (C=O) groups excluding carboxylic acids is 2. The lowest BCUT2D eigenvalue weighted by atomic mass is 9.66. The Morgan fingerprint density at radius 1 is 1.14 bits per heavy atom. The lowest BCUT2D eigenvalue weighted by Gasteiger charge is -2.50. The summed E-state index contributed by atoms with van der Waals surface area (Å²) in [5.74, 6) is -0.990. The second-order valence-corrected chi connectivity index (χ2v) is 12.4. The van der Waals surface area contributed by atoms with Crippen molar-refractivity contribution in [3.05, 3.63) is 82.6 Å². The Bertz CT molecular complexity index is 1680. The van der Waals surface area contributed by atoms with Crippen molar-refractivity contribution in [2.75, 3.05) is 13.1 Å². The minimum absolute atomic E-state index is 0.229. The van der Waals surface area contributed by atoms with Crippen molar-refractivity contribution in [3.8, 4) is 11.1 Å². The van der Waals surface area contributed by atoms with Crippen LogP contribution in [-0.2, 0) is 21.7 Å². The molecule has 218 valence electrons. The average Bonchev–Trinajstić information content (AvgIpc) is 3.29. The third-order valence-electron chi connectivity index (χ3n) is 9.12. The Balaban J connectivity index is 1.23. The van der Waals surface area contributed by atoms with E-state index < -0.39 is 28.7 Å². The minimum atomic E-state index is -1.40. The molecule has 0 radical (unpaired) electrons. The molecule has 42 heavy (non-hydrogen) atoms. The molecule has 0 saturated carbocycles. The number of carbonyl (C=O) groups is 2. The van der Waals surface area contributed by atoms with Crippen LogP contribution in [0.15, 0.2) is 53.2 Å². The van der Waals surface area contributed by atoms with E-state index >= 15 is 4.39 Å². The van der Waals surface area contributed by atoms with Gasteiger partial charge in [-0.1, -0.05) is 49.3 Å². The third-order valence-corrected chi connectivity index (χ3v) is 9.12. The quantitative estimate of drug-likeness (QED) is 0.314. The predicted molar refractivity (Wildman–Crippen MR) is 156 cm³/mol. The molecule has 6 rings (SSSR count). The van der Waals surface area contributed by atoms with E-state index in [-0.39, 0.29) is 23.3 Å². The molecule has 9 heteroatoms. The number of aliphatic hydroxyl groups is 1. The lowest BCUT2D eigenvalue weighted by Crippen LogP contribution is -2.55. The van der Waals surface area contributed by atoms with Gasteiger partial charge in [-0.3, -0.25) is 24.8 Å². The first-order chi connectivity index (χ1) is 20.0. The van der Waals surface area contributed by atoms with E-state index in [2.05, 4.69) is 44.6 Å². The first-order valence-corrected chi connectivity index (χ1v) is 14.4. The average molecular weight is 571 g/mol. The Morgan fingerprint density at radius 2 is 1.90 bits per heavy atom. The summed E-state index contributed by atoms with van der Waals surface area (Å²) in [6, 6.07) is 13.4. The fourth-order valence-corrected chi connectivity index (χ4v) is 6.69. The van der Waals surface area contributed by atoms with E-state index in [1.807, 2.05) is 27.7 Å². The topological polar surface area (TPSA) is 109 Å². The van der Waals surface area contributed by atoms with Gasteiger partial charge in [0.1, 0.15) is 11.6 Å². The molecule has 2 amide bonds. The molecular formula is C33H35FN4O4. The monoisotopic (exact) mass is 570 g/mol. The molecule has 2 N–H and O–H groups in total. The molecule has 8 nitrogen and oxygen atoms in total. The molecule has 2 saturated heterocycles. The van der Waals surface area contributed by atoms with Gasteiger partial charge >= 0.3 is 0 Å². The number of amides is 2. The number of aryl methyl sites for hydroxylation is 2. The summed E-state index contributed by atoms with van der Waals surface area (Å²) in [4.78, 5) is 30.7. The van der Waals surface area contributed by atoms with Crippen LogP contribution in [0.1, 0.15) is 67.2 Å². The molecule has 0 bridgehead atoms. The summed E-state index contributed by atoms with van der Waals surface area (Å²) in [6.07, 6.45) is 2.51. The van der Waals surface area contributed by atoms with Gasteiger partial charge in [0.05, 0.1) is 22.7 Å². The normalized spacial score (nSPS) is 22.9. The fourth-order valence-electron chi connectivity index (χ4n) is 6.69. The van der Waals surface area contributed by atoms with E-state index in [9.17, 15) is 14.7 Å². The van der Waals surface area contributed by atoms with Crippen molar-refractivity contribution in [2.24, 2.45) is 5.41 Å². The standard InChI is InChI=1S/C33H35FN4O4/c1-19-29(20(2)42-37-19)22-7-5-21(6-8-22)17-38-14-13-33(41,32(3,4)18-38)26-10-11-27-25(30(26)34)15-23(16-35-27)24-9-12-28(39)36-31(24)40/h5-8,10-11,15-16,24,41H,9,12-14,17-18H2,1-4H3,(H,36,39,40). The van der Waals surface area contributed by atoms with Crippen LogP contribution in [0.2, 0.25) is 0 Å². The Hall–Kier alpha value is -3.95. The lowest BCUT2D eigenvalue weighted by molar-refractivity contribution is -0.134. The fraction of sp³-hybridized carbons (Fsp3) is 0.394. The SMILES string of the molecule is Cc1noc(C)c1-c1ccc(CN2CCC(O)(c3ccc4ncc(C5CCC(=O)NC5=O)cc4c3F)C(C)(C)C2)cc1. The number of pyridine rings is 1. The Morgan fingerprint density at radius 3 is 2.57 bits per heavy atom. The van der Waals surface area contributed by atoms with Crippen molar-refractivity contribution < 1.29 is 23.6 Å². The molecule has 2 aliphatic rings. The predicted octanol–water partition coefficient (Wildman–Crippen LogP) is 5.29. The van der Waals surface area contributed by atoms with Crippen LogP contribution in [0.25, 0.3) is 22.0 Å². The summed E-state index contributed by atoms with van der Waals surface area (Å²) < 4.78 is 21.5. The van der Waals surface area contributed by atoms with Gasteiger partial charge in [-0.05, 0) is 55.5 Å². The van der Waals surface area contributed by atoms with E-state index in [0.717, 1.165) is 28.1 Å². The second-order valence-electron chi connectivity index (χ2n) is 12.4. The smallest absolute Gasteiger partial charge is 0.234 e. The molecule has 2 aromatic heterocycles. The molecule has 2 aromatic carbocycles. The highest BCUT2D eigenvalue weighted by Gasteiger charge is 2.50. The first-order valence-electron chi connectivity index (χ1n) is 14.4. The van der Waals surface area contributed by atoms with Crippen molar-refractivity contribution in [1.82, 2.24) is 20.4 Å². The largest absolute Gasteiger partial charge is 0.384 e. The van der Waals surface area contributed by atoms with Crippen LogP contribution in [0, 0.1) is 25.1 Å². The molecule has 2 atom stereocenters. The maximum absolute atomic E-state index is 16.2. The van der Waals surface area contributed by atoms with Crippen molar-refractivity contribution in [1.29, 1.82) is 0 Å². The Kier molecular flexibility index (Phi) is 6.98. The number of halogens is 1. The van der Waals surface area contributed by atoms with Gasteiger partial charge < -0.3 is 9.63 Å². The number of fused-ring (bicyclic) bond motifs is 1. The van der Waals surface area contributed by atoms with Crippen LogP contribution >= 0.6 is 0 Å². The third kappa shape index (κ3) is 4.80. The molecule has 2 aliphatic heterocycles. The summed E-state index contributed by atoms with van der Waals surface area (Å²) in [5, 5.41) is 18.7. The summed E-state index contributed by atoms with van der Waals surface area (Å²) in [6.45, 7) is 9.66. The van der Waals surface area contributed by atoms with Crippen molar-refractivity contribution >= 4 is 22.7 Å². The maximum atomic E-state index is 16.2. The van der Waals surface area contributed by atoms with Gasteiger partial charge in [-0.25, -0.2) is 4.39 Å². The number of hydrogen-bond acceptors (Lipinski definition) is 7. The van der Waals surface area contributed by atoms with Crippen molar-refractivity contribution in [3.63, 3.8) is 0 Å². The number of benzene rings is 2. The zero-order valence-electron chi connectivity index (χ0n) is 24.3. The molecule has 4 aromatic rings. The number of likely N-dealkylation sites (tertiary alicyclic amines) is 1. The number of aromatic nitrogens is 2. The Labute approximate surface area is 243 Å². The highest BCUT2D eigenvalue weighted by molar-refractivity contribution is 6.01. The highest BCUT2D eigenvalue weighted by atomic mass is 19.1. The van der Waals surface area contributed by atoms with E-state index in [1.165, 1.54) is 0 Å². The van der Waals surface area contributed by atoms with Gasteiger partial charge in [-0.15, -0.1) is 0 Å². The molecule has 0 aliphatic carbocycles. The molecule has 2 unspecified atom stereocenters. The summed E-state index contributed by atoms with van der Waals surface area (Å²) in [5.41, 5.74) is 3.27. The summed E-state index contributed by atoms with van der Waals surface area (Å²) >= 11 is 0. The molecule has 0 spiro atoms. The number of nitrogens with one attached hydrogen (secondary N) is 1. The molecule has 4 heterocycles. The minimum Gasteiger partial charge on any atom is -0.384 e. The van der Waals surface area contributed by atoms with E-state index in [4.69, 9.17) is 4.52 Å². The van der Waals surface area contributed by atoms with Gasteiger partial charge in [0.15, 0.2) is 0 Å². The maximum Gasteiger partial charge on any atom is 0.234 e. The molecule has 2 fully saturated rings. The summed E-state index contributed by atoms with van der Waals surface area (Å²) in [7, 11) is 0. The highest BCUT2D eigenvalue weighted by Crippen LogP contribution is 2.48. The van der Waals surface area contributed by atoms with Crippen LogP contribution < -0.4 is 5.32 Å². The zero-order valence-corrected chi connectivity index (χ0v) is 24.3. The molecular weight excluding hydrogens is 535 g/mol. The number of hydrogen-bond donors (Lipinski definition) is 2. The van der Waals surface area contributed by atoms with E-state index in [0.29, 0.717) is 43.6 Å². The van der Waals surface area contributed by atoms with E-state index in [1.54, 1.807) is 24.4 Å². The number of piperidine rings is 2. The van der Waals surface area contributed by atoms with Gasteiger partial charge in [-0.2, -0.15) is 0 Å². The van der Waals surface area contributed by atoms with Crippen LogP contribution in [0.3, 0.4) is 0 Å². The van der Waals surface area contributed by atoms with Crippen LogP contribution in [-0.4, -0.2) is 45.1 Å². The van der Waals surface area contributed by atoms with Crippen LogP contribution in [0.5, 0.6) is 0 Å². The zero-order chi connectivity index (χ0) is 29.8. The van der Waals surface area contributed by atoms with Crippen LogP contribution in [0.4, 0.5) is 4.39 Å². The van der Waals surface area contributed by atoms with Gasteiger partial charge in [0, 0.05) is 54.2 Å². The van der Waals surface area contributed by atoms with Gasteiger partial charge in [0.25, 0.3) is 0 Å². The number of imide groups is 1. The van der Waals surface area contributed by atoms with Gasteiger partial charge in [0.2, 0.25) is 11.8 Å². The number of rotatable bonds is 5. The second kappa shape index (κ2) is 10.4. The first kappa shape index (κ1) is 28.2.